The summed E-state index contributed by atoms with van der Waals surface area (Å²) in [5.41, 5.74) is 0.211. The number of ether oxygens (including phenoxy) is 5. The maximum absolute atomic E-state index is 12.8. The number of carbonyl (C=O) groups excluding carboxylic acids is 2. The number of hydrogen-bond acceptors (Lipinski definition) is 9. The van der Waals surface area contributed by atoms with Crippen molar-refractivity contribution in [3.63, 3.8) is 0 Å². The molecule has 2 rings (SSSR count). The third-order valence-corrected chi connectivity index (χ3v) is 6.90. The molecule has 0 saturated heterocycles. The minimum atomic E-state index is -1.07. The zero-order valence-electron chi connectivity index (χ0n) is 25.0. The quantitative estimate of drug-likeness (QED) is 0.199. The molecule has 5 atom stereocenters. The Labute approximate surface area is 239 Å². The first-order valence-corrected chi connectivity index (χ1v) is 14.4. The van der Waals surface area contributed by atoms with Crippen molar-refractivity contribution in [2.75, 3.05) is 20.4 Å². The van der Waals surface area contributed by atoms with Gasteiger partial charge in [0, 0.05) is 13.7 Å². The van der Waals surface area contributed by atoms with Crippen molar-refractivity contribution >= 4 is 12.1 Å². The van der Waals surface area contributed by atoms with Crippen LogP contribution in [0.1, 0.15) is 78.7 Å². The van der Waals surface area contributed by atoms with Gasteiger partial charge in [-0.15, -0.1) is 0 Å². The molecule has 1 aliphatic carbocycles. The molecule has 10 nitrogen and oxygen atoms in total. The van der Waals surface area contributed by atoms with Crippen molar-refractivity contribution in [1.82, 2.24) is 10.6 Å². The number of nitrogens with one attached hydrogen (secondary N) is 2. The maximum atomic E-state index is 12.8. The predicted octanol–water partition coefficient (Wildman–Crippen LogP) is 4.28. The molecular weight excluding hydrogens is 516 g/mol. The molecular formula is C30H50N2O8. The van der Waals surface area contributed by atoms with Gasteiger partial charge in [0.25, 0.3) is 0 Å². The first-order valence-electron chi connectivity index (χ1n) is 14.4. The Morgan fingerprint density at radius 3 is 2.35 bits per heavy atom. The van der Waals surface area contributed by atoms with E-state index in [0.29, 0.717) is 12.3 Å². The van der Waals surface area contributed by atoms with Crippen molar-refractivity contribution in [3.05, 3.63) is 35.9 Å². The highest BCUT2D eigenvalue weighted by Crippen LogP contribution is 2.29. The minimum Gasteiger partial charge on any atom is -0.460 e. The zero-order chi connectivity index (χ0) is 29.5. The zero-order valence-corrected chi connectivity index (χ0v) is 25.0. The topological polar surface area (TPSA) is 125 Å². The van der Waals surface area contributed by atoms with Gasteiger partial charge in [-0.3, -0.25) is 4.79 Å². The van der Waals surface area contributed by atoms with E-state index in [1.54, 1.807) is 34.6 Å². The van der Waals surface area contributed by atoms with Gasteiger partial charge in [0.15, 0.2) is 6.29 Å². The SMILES string of the molecule is COC(C)OCO[C@@H]([C@H](O)CNC(C)C(=O)OCc1ccccc1)[C@H](CC1CCCCC1)NC(=O)OC(C)(C)C. The summed E-state index contributed by atoms with van der Waals surface area (Å²) in [5, 5.41) is 17.3. The van der Waals surface area contributed by atoms with E-state index in [-0.39, 0.29) is 19.9 Å². The summed E-state index contributed by atoms with van der Waals surface area (Å²) < 4.78 is 27.6. The summed E-state index contributed by atoms with van der Waals surface area (Å²) in [6, 6.07) is 8.22. The van der Waals surface area contributed by atoms with Crippen LogP contribution in [0.2, 0.25) is 0 Å². The summed E-state index contributed by atoms with van der Waals surface area (Å²) in [6.07, 6.45) is 3.20. The fourth-order valence-corrected chi connectivity index (χ4v) is 4.64. The third kappa shape index (κ3) is 13.4. The average molecular weight is 567 g/mol. The van der Waals surface area contributed by atoms with Gasteiger partial charge in [-0.2, -0.15) is 0 Å². The number of hydrogen-bond donors (Lipinski definition) is 3. The van der Waals surface area contributed by atoms with E-state index in [9.17, 15) is 14.7 Å². The van der Waals surface area contributed by atoms with Crippen LogP contribution in [0.4, 0.5) is 4.79 Å². The van der Waals surface area contributed by atoms with E-state index in [1.165, 1.54) is 13.5 Å². The number of aliphatic hydroxyl groups excluding tert-OH is 1. The number of carbonyl (C=O) groups is 2. The van der Waals surface area contributed by atoms with Crippen molar-refractivity contribution in [2.24, 2.45) is 5.92 Å². The Hall–Kier alpha value is -2.24. The fourth-order valence-electron chi connectivity index (χ4n) is 4.64. The molecule has 0 bridgehead atoms. The average Bonchev–Trinajstić information content (AvgIpc) is 2.92. The second kappa shape index (κ2) is 17.5. The van der Waals surface area contributed by atoms with E-state index >= 15 is 0 Å². The lowest BCUT2D eigenvalue weighted by atomic mass is 9.83. The highest BCUT2D eigenvalue weighted by molar-refractivity contribution is 5.75. The largest absolute Gasteiger partial charge is 0.460 e. The lowest BCUT2D eigenvalue weighted by Crippen LogP contribution is -2.55. The van der Waals surface area contributed by atoms with E-state index in [1.807, 2.05) is 30.3 Å². The number of rotatable bonds is 16. The molecule has 1 amide bonds. The van der Waals surface area contributed by atoms with Crippen LogP contribution in [0.5, 0.6) is 0 Å². The van der Waals surface area contributed by atoms with Gasteiger partial charge in [-0.05, 0) is 52.5 Å². The van der Waals surface area contributed by atoms with Crippen molar-refractivity contribution in [1.29, 1.82) is 0 Å². The Morgan fingerprint density at radius 1 is 1.05 bits per heavy atom. The van der Waals surface area contributed by atoms with Gasteiger partial charge in [0.1, 0.15) is 31.1 Å². The molecule has 40 heavy (non-hydrogen) atoms. The van der Waals surface area contributed by atoms with Crippen LogP contribution < -0.4 is 10.6 Å². The van der Waals surface area contributed by atoms with Crippen LogP contribution in [0.25, 0.3) is 0 Å². The Kier molecular flexibility index (Phi) is 14.9. The molecule has 1 aliphatic rings. The number of methoxy groups -OCH3 is 1. The Balaban J connectivity index is 2.09. The van der Waals surface area contributed by atoms with E-state index in [0.717, 1.165) is 31.2 Å². The number of aliphatic hydroxyl groups is 1. The van der Waals surface area contributed by atoms with Crippen LogP contribution in [0.15, 0.2) is 30.3 Å². The van der Waals surface area contributed by atoms with Crippen LogP contribution >= 0.6 is 0 Å². The molecule has 2 unspecified atom stereocenters. The number of amides is 1. The van der Waals surface area contributed by atoms with Crippen molar-refractivity contribution in [3.8, 4) is 0 Å². The van der Waals surface area contributed by atoms with Gasteiger partial charge >= 0.3 is 12.1 Å². The molecule has 0 heterocycles. The van der Waals surface area contributed by atoms with Gasteiger partial charge in [0.2, 0.25) is 0 Å². The normalized spacial score (nSPS) is 18.3. The predicted molar refractivity (Wildman–Crippen MR) is 151 cm³/mol. The Morgan fingerprint density at radius 2 is 1.73 bits per heavy atom. The van der Waals surface area contributed by atoms with Crippen LogP contribution in [0.3, 0.4) is 0 Å². The standard InChI is InChI=1S/C30H50N2O8/c1-21(28(34)37-19-24-15-11-8-12-16-24)31-18-26(33)27(39-20-38-22(2)36-6)25(17-23-13-9-7-10-14-23)32-29(35)40-30(3,4)5/h8,11-12,15-16,21-23,25-27,31,33H,7,9-10,13-14,17-20H2,1-6H3,(H,32,35)/t21?,22?,25-,26+,27+/m0/s1. The highest BCUT2D eigenvalue weighted by atomic mass is 16.7. The van der Waals surface area contributed by atoms with Gasteiger partial charge in [-0.25, -0.2) is 4.79 Å². The van der Waals surface area contributed by atoms with Gasteiger partial charge in [0.05, 0.1) is 12.1 Å². The summed E-state index contributed by atoms with van der Waals surface area (Å²) in [4.78, 5) is 25.4. The fraction of sp³-hybridized carbons (Fsp3) is 0.733. The Bertz CT molecular complexity index is 857. The first-order chi connectivity index (χ1) is 19.0. The summed E-state index contributed by atoms with van der Waals surface area (Å²) in [5.74, 6) is -0.0536. The lowest BCUT2D eigenvalue weighted by molar-refractivity contribution is -0.204. The molecule has 0 aromatic heterocycles. The summed E-state index contributed by atoms with van der Waals surface area (Å²) in [6.45, 7) is 8.86. The van der Waals surface area contributed by atoms with Crippen molar-refractivity contribution < 1.29 is 38.4 Å². The molecule has 3 N–H and O–H groups in total. The molecule has 0 spiro atoms. The van der Waals surface area contributed by atoms with Crippen LogP contribution in [0, 0.1) is 5.92 Å². The minimum absolute atomic E-state index is 0.0310. The van der Waals surface area contributed by atoms with E-state index < -0.39 is 48.2 Å². The van der Waals surface area contributed by atoms with E-state index in [4.69, 9.17) is 23.7 Å². The van der Waals surface area contributed by atoms with Crippen molar-refractivity contribution in [2.45, 2.75) is 116 Å². The summed E-state index contributed by atoms with van der Waals surface area (Å²) >= 11 is 0. The van der Waals surface area contributed by atoms with Gasteiger partial charge in [-0.1, -0.05) is 62.4 Å². The van der Waals surface area contributed by atoms with Crippen LogP contribution in [-0.4, -0.2) is 73.8 Å². The molecule has 0 aliphatic heterocycles. The monoisotopic (exact) mass is 566 g/mol. The highest BCUT2D eigenvalue weighted by Gasteiger charge is 2.35. The lowest BCUT2D eigenvalue weighted by Gasteiger charge is -2.35. The number of alkyl carbamates (subject to hydrolysis) is 1. The maximum Gasteiger partial charge on any atom is 0.407 e. The first kappa shape index (κ1) is 34.0. The molecule has 10 heteroatoms. The van der Waals surface area contributed by atoms with Crippen LogP contribution in [-0.2, 0) is 35.1 Å². The molecule has 1 saturated carbocycles. The van der Waals surface area contributed by atoms with Gasteiger partial charge < -0.3 is 39.4 Å². The third-order valence-electron chi connectivity index (χ3n) is 6.90. The van der Waals surface area contributed by atoms with E-state index in [2.05, 4.69) is 10.6 Å². The molecule has 228 valence electrons. The molecule has 0 radical (unpaired) electrons. The second-order valence-corrected chi connectivity index (χ2v) is 11.5. The second-order valence-electron chi connectivity index (χ2n) is 11.5. The number of esters is 1. The smallest absolute Gasteiger partial charge is 0.407 e. The molecule has 1 aromatic carbocycles. The molecule has 1 fully saturated rings. The number of benzene rings is 1. The summed E-state index contributed by atoms with van der Waals surface area (Å²) in [7, 11) is 1.52. The molecule has 1 aromatic rings.